The summed E-state index contributed by atoms with van der Waals surface area (Å²) in [5, 5.41) is 3.59. The van der Waals surface area contributed by atoms with Gasteiger partial charge in [-0.1, -0.05) is 13.3 Å². The van der Waals surface area contributed by atoms with E-state index in [-0.39, 0.29) is 0 Å². The quantitative estimate of drug-likeness (QED) is 0.840. The molecule has 1 aliphatic rings. The van der Waals surface area contributed by atoms with E-state index in [1.54, 1.807) is 14.2 Å². The maximum Gasteiger partial charge on any atom is 0.122 e. The van der Waals surface area contributed by atoms with Gasteiger partial charge in [-0.2, -0.15) is 0 Å². The van der Waals surface area contributed by atoms with Crippen LogP contribution in [0, 0.1) is 5.92 Å². The van der Waals surface area contributed by atoms with Gasteiger partial charge in [-0.25, -0.2) is 0 Å². The van der Waals surface area contributed by atoms with Crippen molar-refractivity contribution in [1.29, 1.82) is 0 Å². The van der Waals surface area contributed by atoms with Gasteiger partial charge < -0.3 is 14.8 Å². The molecule has 0 spiro atoms. The summed E-state index contributed by atoms with van der Waals surface area (Å²) in [6.45, 7) is 3.14. The van der Waals surface area contributed by atoms with Crippen LogP contribution >= 0.6 is 0 Å². The van der Waals surface area contributed by atoms with Crippen molar-refractivity contribution in [2.75, 3.05) is 20.8 Å². The summed E-state index contributed by atoms with van der Waals surface area (Å²) in [4.78, 5) is 0. The topological polar surface area (TPSA) is 30.5 Å². The number of rotatable bonds is 6. The predicted octanol–water partition coefficient (Wildman–Crippen LogP) is 3.15. The van der Waals surface area contributed by atoms with E-state index < -0.39 is 0 Å². The minimum atomic E-state index is 0.424. The Hall–Kier alpha value is -1.22. The second kappa shape index (κ2) is 6.10. The van der Waals surface area contributed by atoms with E-state index in [4.69, 9.17) is 9.47 Å². The van der Waals surface area contributed by atoms with Gasteiger partial charge in [-0.05, 0) is 43.0 Å². The minimum absolute atomic E-state index is 0.424. The molecule has 1 saturated carbocycles. The SMILES string of the molecule is CCNC(c1cc(OC)cc(OC)c1)C1CCC1. The number of hydrogen-bond acceptors (Lipinski definition) is 3. The summed E-state index contributed by atoms with van der Waals surface area (Å²) in [5.41, 5.74) is 1.28. The smallest absolute Gasteiger partial charge is 0.122 e. The van der Waals surface area contributed by atoms with Crippen LogP contribution in [0.2, 0.25) is 0 Å². The minimum Gasteiger partial charge on any atom is -0.497 e. The number of benzene rings is 1. The zero-order chi connectivity index (χ0) is 13.0. The van der Waals surface area contributed by atoms with Gasteiger partial charge in [0.1, 0.15) is 11.5 Å². The average molecular weight is 249 g/mol. The molecule has 100 valence electrons. The fourth-order valence-electron chi connectivity index (χ4n) is 2.56. The summed E-state index contributed by atoms with van der Waals surface area (Å²) in [7, 11) is 3.40. The number of nitrogens with one attached hydrogen (secondary N) is 1. The molecule has 0 saturated heterocycles. The van der Waals surface area contributed by atoms with Crippen LogP contribution in [0.4, 0.5) is 0 Å². The molecule has 3 heteroatoms. The van der Waals surface area contributed by atoms with Gasteiger partial charge in [-0.3, -0.25) is 0 Å². The van der Waals surface area contributed by atoms with Crippen molar-refractivity contribution in [2.45, 2.75) is 32.2 Å². The predicted molar refractivity (Wildman–Crippen MR) is 73.3 cm³/mol. The third-order valence-electron chi connectivity index (χ3n) is 3.78. The maximum absolute atomic E-state index is 5.35. The summed E-state index contributed by atoms with van der Waals surface area (Å²) < 4.78 is 10.7. The van der Waals surface area contributed by atoms with Crippen LogP contribution in [-0.2, 0) is 0 Å². The zero-order valence-corrected chi connectivity index (χ0v) is 11.5. The summed E-state index contributed by atoms with van der Waals surface area (Å²) in [6, 6.07) is 6.59. The van der Waals surface area contributed by atoms with Crippen molar-refractivity contribution in [2.24, 2.45) is 5.92 Å². The largest absolute Gasteiger partial charge is 0.497 e. The third-order valence-corrected chi connectivity index (χ3v) is 3.78. The van der Waals surface area contributed by atoms with Gasteiger partial charge >= 0.3 is 0 Å². The lowest BCUT2D eigenvalue weighted by Crippen LogP contribution is -2.32. The molecule has 1 unspecified atom stereocenters. The Morgan fingerprint density at radius 1 is 1.17 bits per heavy atom. The fraction of sp³-hybridized carbons (Fsp3) is 0.600. The van der Waals surface area contributed by atoms with E-state index in [1.165, 1.54) is 24.8 Å². The van der Waals surface area contributed by atoms with Crippen molar-refractivity contribution < 1.29 is 9.47 Å². The maximum atomic E-state index is 5.35. The van der Waals surface area contributed by atoms with Gasteiger partial charge in [0, 0.05) is 12.1 Å². The zero-order valence-electron chi connectivity index (χ0n) is 11.5. The van der Waals surface area contributed by atoms with Crippen LogP contribution in [0.5, 0.6) is 11.5 Å². The van der Waals surface area contributed by atoms with E-state index in [9.17, 15) is 0 Å². The Morgan fingerprint density at radius 3 is 2.17 bits per heavy atom. The Kier molecular flexibility index (Phi) is 4.48. The number of methoxy groups -OCH3 is 2. The molecular formula is C15H23NO2. The fourth-order valence-corrected chi connectivity index (χ4v) is 2.56. The molecule has 1 aromatic rings. The van der Waals surface area contributed by atoms with Crippen molar-refractivity contribution in [1.82, 2.24) is 5.32 Å². The molecule has 1 aliphatic carbocycles. The Labute approximate surface area is 109 Å². The molecule has 1 fully saturated rings. The highest BCUT2D eigenvalue weighted by Crippen LogP contribution is 2.39. The molecule has 2 rings (SSSR count). The second-order valence-electron chi connectivity index (χ2n) is 4.87. The highest BCUT2D eigenvalue weighted by Gasteiger charge is 2.28. The first-order valence-electron chi connectivity index (χ1n) is 6.74. The Balaban J connectivity index is 2.26. The van der Waals surface area contributed by atoms with E-state index in [0.717, 1.165) is 24.0 Å². The van der Waals surface area contributed by atoms with Crippen LogP contribution in [0.3, 0.4) is 0 Å². The molecule has 0 heterocycles. The van der Waals surface area contributed by atoms with Crippen LogP contribution in [0.1, 0.15) is 37.8 Å². The second-order valence-corrected chi connectivity index (χ2v) is 4.87. The monoisotopic (exact) mass is 249 g/mol. The molecule has 0 amide bonds. The van der Waals surface area contributed by atoms with Gasteiger partial charge in [0.25, 0.3) is 0 Å². The molecule has 0 aliphatic heterocycles. The van der Waals surface area contributed by atoms with Gasteiger partial charge in [0.15, 0.2) is 0 Å². The van der Waals surface area contributed by atoms with Gasteiger partial charge in [0.2, 0.25) is 0 Å². The molecule has 1 aromatic carbocycles. The summed E-state index contributed by atoms with van der Waals surface area (Å²) >= 11 is 0. The molecule has 0 bridgehead atoms. The van der Waals surface area contributed by atoms with Gasteiger partial charge in [-0.15, -0.1) is 0 Å². The summed E-state index contributed by atoms with van der Waals surface area (Å²) in [6.07, 6.45) is 3.99. The molecule has 3 nitrogen and oxygen atoms in total. The first-order valence-corrected chi connectivity index (χ1v) is 6.74. The lowest BCUT2D eigenvalue weighted by Gasteiger charge is -2.35. The van der Waals surface area contributed by atoms with Crippen molar-refractivity contribution in [3.63, 3.8) is 0 Å². The van der Waals surface area contributed by atoms with E-state index in [2.05, 4.69) is 24.4 Å². The van der Waals surface area contributed by atoms with E-state index >= 15 is 0 Å². The normalized spacial score (nSPS) is 17.1. The van der Waals surface area contributed by atoms with Gasteiger partial charge in [0.05, 0.1) is 14.2 Å². The van der Waals surface area contributed by atoms with E-state index in [0.29, 0.717) is 6.04 Å². The first kappa shape index (κ1) is 13.2. The van der Waals surface area contributed by atoms with Crippen molar-refractivity contribution in [3.05, 3.63) is 23.8 Å². The van der Waals surface area contributed by atoms with E-state index in [1.807, 2.05) is 6.07 Å². The van der Waals surface area contributed by atoms with Crippen LogP contribution < -0.4 is 14.8 Å². The first-order chi connectivity index (χ1) is 8.78. The average Bonchev–Trinajstić information content (AvgIpc) is 2.35. The highest BCUT2D eigenvalue weighted by molar-refractivity contribution is 5.40. The molecular weight excluding hydrogens is 226 g/mol. The molecule has 0 aromatic heterocycles. The van der Waals surface area contributed by atoms with Crippen LogP contribution in [0.25, 0.3) is 0 Å². The molecule has 1 N–H and O–H groups in total. The molecule has 1 atom stereocenters. The third kappa shape index (κ3) is 2.78. The highest BCUT2D eigenvalue weighted by atomic mass is 16.5. The van der Waals surface area contributed by atoms with Crippen LogP contribution in [0.15, 0.2) is 18.2 Å². The van der Waals surface area contributed by atoms with Crippen molar-refractivity contribution in [3.8, 4) is 11.5 Å². The summed E-state index contributed by atoms with van der Waals surface area (Å²) in [5.74, 6) is 2.49. The lowest BCUT2D eigenvalue weighted by molar-refractivity contribution is 0.232. The standard InChI is InChI=1S/C15H23NO2/c1-4-16-15(11-6-5-7-11)12-8-13(17-2)10-14(9-12)18-3/h8-11,15-16H,4-7H2,1-3H3. The molecule has 18 heavy (non-hydrogen) atoms. The number of ether oxygens (including phenoxy) is 2. The number of hydrogen-bond donors (Lipinski definition) is 1. The lowest BCUT2D eigenvalue weighted by atomic mass is 9.77. The molecule has 0 radical (unpaired) electrons. The van der Waals surface area contributed by atoms with Crippen LogP contribution in [-0.4, -0.2) is 20.8 Å². The Morgan fingerprint density at radius 2 is 1.78 bits per heavy atom. The Bertz CT molecular complexity index is 366. The van der Waals surface area contributed by atoms with Crippen molar-refractivity contribution >= 4 is 0 Å².